The number of alkyl halides is 3. The van der Waals surface area contributed by atoms with Gasteiger partial charge in [0.25, 0.3) is 0 Å². The van der Waals surface area contributed by atoms with Crippen LogP contribution in [0.5, 0.6) is 0 Å². The van der Waals surface area contributed by atoms with Gasteiger partial charge in [-0.05, 0) is 57.6 Å². The van der Waals surface area contributed by atoms with Crippen LogP contribution >= 0.6 is 0 Å². The van der Waals surface area contributed by atoms with E-state index in [-0.39, 0.29) is 6.04 Å². The molecule has 0 aliphatic carbocycles. The second-order valence-corrected chi connectivity index (χ2v) is 5.15. The summed E-state index contributed by atoms with van der Waals surface area (Å²) in [5, 5.41) is 3.23. The van der Waals surface area contributed by atoms with Crippen molar-refractivity contribution in [3.05, 3.63) is 29.8 Å². The second kappa shape index (κ2) is 5.82. The van der Waals surface area contributed by atoms with Crippen LogP contribution in [0.25, 0.3) is 0 Å². The normalized spacial score (nSPS) is 22.0. The van der Waals surface area contributed by atoms with E-state index in [1.807, 2.05) is 0 Å². The average molecular weight is 272 g/mol. The zero-order valence-electron chi connectivity index (χ0n) is 11.0. The largest absolute Gasteiger partial charge is 0.416 e. The highest BCUT2D eigenvalue weighted by Crippen LogP contribution is 2.31. The van der Waals surface area contributed by atoms with Crippen LogP contribution in [0.15, 0.2) is 24.3 Å². The fourth-order valence-electron chi connectivity index (χ4n) is 2.41. The minimum atomic E-state index is -4.28. The average Bonchev–Trinajstić information content (AvgIpc) is 2.54. The molecule has 1 aliphatic rings. The molecule has 1 aromatic rings. The SMILES string of the molecule is CN1CCCC(Nc2cccc(C(F)(F)F)c2)CC1. The molecular formula is C14H19F3N2. The summed E-state index contributed by atoms with van der Waals surface area (Å²) in [6.07, 6.45) is -1.23. The van der Waals surface area contributed by atoms with Gasteiger partial charge < -0.3 is 10.2 Å². The number of likely N-dealkylation sites (tertiary alicyclic amines) is 1. The van der Waals surface area contributed by atoms with E-state index in [4.69, 9.17) is 0 Å². The first-order valence-electron chi connectivity index (χ1n) is 6.57. The Morgan fingerprint density at radius 1 is 1.21 bits per heavy atom. The van der Waals surface area contributed by atoms with Crippen LogP contribution in [0.2, 0.25) is 0 Å². The number of halogens is 3. The summed E-state index contributed by atoms with van der Waals surface area (Å²) in [4.78, 5) is 2.26. The van der Waals surface area contributed by atoms with E-state index in [0.717, 1.165) is 38.4 Å². The van der Waals surface area contributed by atoms with E-state index >= 15 is 0 Å². The van der Waals surface area contributed by atoms with Gasteiger partial charge in [-0.1, -0.05) is 6.07 Å². The molecule has 106 valence electrons. The summed E-state index contributed by atoms with van der Waals surface area (Å²) in [6, 6.07) is 5.70. The molecule has 1 atom stereocenters. The molecule has 19 heavy (non-hydrogen) atoms. The molecule has 1 unspecified atom stereocenters. The molecule has 1 fully saturated rings. The summed E-state index contributed by atoms with van der Waals surface area (Å²) >= 11 is 0. The fourth-order valence-corrected chi connectivity index (χ4v) is 2.41. The molecule has 2 nitrogen and oxygen atoms in total. The van der Waals surface area contributed by atoms with Gasteiger partial charge in [0.15, 0.2) is 0 Å². The number of nitrogens with zero attached hydrogens (tertiary/aromatic N) is 1. The number of hydrogen-bond donors (Lipinski definition) is 1. The maximum absolute atomic E-state index is 12.6. The number of benzene rings is 1. The molecule has 0 saturated carbocycles. The lowest BCUT2D eigenvalue weighted by Crippen LogP contribution is -2.23. The molecule has 1 saturated heterocycles. The van der Waals surface area contributed by atoms with Crippen LogP contribution in [0.1, 0.15) is 24.8 Å². The molecular weight excluding hydrogens is 253 g/mol. The summed E-state index contributed by atoms with van der Waals surface area (Å²) < 4.78 is 37.9. The standard InChI is InChI=1S/C14H19F3N2/c1-19-8-3-6-12(7-9-19)18-13-5-2-4-11(10-13)14(15,16)17/h2,4-5,10,12,18H,3,6-9H2,1H3. The van der Waals surface area contributed by atoms with Crippen molar-refractivity contribution in [2.24, 2.45) is 0 Å². The highest BCUT2D eigenvalue weighted by atomic mass is 19.4. The monoisotopic (exact) mass is 272 g/mol. The smallest absolute Gasteiger partial charge is 0.382 e. The van der Waals surface area contributed by atoms with Crippen LogP contribution in [0, 0.1) is 0 Å². The lowest BCUT2D eigenvalue weighted by atomic mass is 10.1. The van der Waals surface area contributed by atoms with Gasteiger partial charge >= 0.3 is 6.18 Å². The summed E-state index contributed by atoms with van der Waals surface area (Å²) in [7, 11) is 2.08. The van der Waals surface area contributed by atoms with E-state index in [1.165, 1.54) is 12.1 Å². The van der Waals surface area contributed by atoms with Crippen molar-refractivity contribution in [2.75, 3.05) is 25.5 Å². The van der Waals surface area contributed by atoms with Crippen molar-refractivity contribution in [1.29, 1.82) is 0 Å². The highest BCUT2D eigenvalue weighted by Gasteiger charge is 2.30. The van der Waals surface area contributed by atoms with Crippen molar-refractivity contribution in [3.8, 4) is 0 Å². The number of rotatable bonds is 2. The highest BCUT2D eigenvalue weighted by molar-refractivity contribution is 5.47. The fraction of sp³-hybridized carbons (Fsp3) is 0.571. The molecule has 1 heterocycles. The molecule has 0 aromatic heterocycles. The van der Waals surface area contributed by atoms with Crippen molar-refractivity contribution in [1.82, 2.24) is 4.90 Å². The topological polar surface area (TPSA) is 15.3 Å². The van der Waals surface area contributed by atoms with E-state index < -0.39 is 11.7 Å². The van der Waals surface area contributed by atoms with E-state index in [0.29, 0.717) is 5.69 Å². The number of anilines is 1. The lowest BCUT2D eigenvalue weighted by Gasteiger charge is -2.19. The summed E-state index contributed by atoms with van der Waals surface area (Å²) in [6.45, 7) is 2.04. The van der Waals surface area contributed by atoms with Crippen LogP contribution in [0.3, 0.4) is 0 Å². The Kier molecular flexibility index (Phi) is 4.34. The molecule has 0 amide bonds. The Morgan fingerprint density at radius 3 is 2.74 bits per heavy atom. The molecule has 5 heteroatoms. The summed E-state index contributed by atoms with van der Waals surface area (Å²) in [5.41, 5.74) is -0.0346. The van der Waals surface area contributed by atoms with Gasteiger partial charge in [-0.25, -0.2) is 0 Å². The van der Waals surface area contributed by atoms with Gasteiger partial charge in [0.2, 0.25) is 0 Å². The molecule has 1 aromatic carbocycles. The first kappa shape index (κ1) is 14.2. The van der Waals surface area contributed by atoms with Gasteiger partial charge in [-0.2, -0.15) is 13.2 Å². The molecule has 0 spiro atoms. The molecule has 1 aliphatic heterocycles. The lowest BCUT2D eigenvalue weighted by molar-refractivity contribution is -0.137. The Morgan fingerprint density at radius 2 is 2.00 bits per heavy atom. The van der Waals surface area contributed by atoms with Crippen LogP contribution in [-0.4, -0.2) is 31.1 Å². The summed E-state index contributed by atoms with van der Waals surface area (Å²) in [5.74, 6) is 0. The van der Waals surface area contributed by atoms with Crippen molar-refractivity contribution < 1.29 is 13.2 Å². The van der Waals surface area contributed by atoms with E-state index in [9.17, 15) is 13.2 Å². The van der Waals surface area contributed by atoms with Crippen LogP contribution in [-0.2, 0) is 6.18 Å². The molecule has 2 rings (SSSR count). The predicted molar refractivity (Wildman–Crippen MR) is 70.2 cm³/mol. The third-order valence-corrected chi connectivity index (χ3v) is 3.51. The Labute approximate surface area is 111 Å². The zero-order valence-corrected chi connectivity index (χ0v) is 11.0. The number of nitrogens with one attached hydrogen (secondary N) is 1. The minimum absolute atomic E-state index is 0.258. The van der Waals surface area contributed by atoms with E-state index in [1.54, 1.807) is 6.07 Å². The zero-order chi connectivity index (χ0) is 13.9. The maximum Gasteiger partial charge on any atom is 0.416 e. The first-order chi connectivity index (χ1) is 8.95. The first-order valence-corrected chi connectivity index (χ1v) is 6.57. The third-order valence-electron chi connectivity index (χ3n) is 3.51. The molecule has 0 bridgehead atoms. The van der Waals surface area contributed by atoms with Crippen LogP contribution < -0.4 is 5.32 Å². The van der Waals surface area contributed by atoms with Crippen molar-refractivity contribution >= 4 is 5.69 Å². The maximum atomic E-state index is 12.6. The third kappa shape index (κ3) is 4.13. The van der Waals surface area contributed by atoms with Gasteiger partial charge in [0.1, 0.15) is 0 Å². The van der Waals surface area contributed by atoms with E-state index in [2.05, 4.69) is 17.3 Å². The molecule has 1 N–H and O–H groups in total. The minimum Gasteiger partial charge on any atom is -0.382 e. The number of hydrogen-bond acceptors (Lipinski definition) is 2. The van der Waals surface area contributed by atoms with Crippen molar-refractivity contribution in [3.63, 3.8) is 0 Å². The molecule has 0 radical (unpaired) electrons. The predicted octanol–water partition coefficient (Wildman–Crippen LogP) is 3.60. The Bertz CT molecular complexity index is 417. The second-order valence-electron chi connectivity index (χ2n) is 5.15. The quantitative estimate of drug-likeness (QED) is 0.885. The van der Waals surface area contributed by atoms with Gasteiger partial charge in [0.05, 0.1) is 5.56 Å². The Hall–Kier alpha value is -1.23. The van der Waals surface area contributed by atoms with Gasteiger partial charge in [-0.3, -0.25) is 0 Å². The van der Waals surface area contributed by atoms with Crippen molar-refractivity contribution in [2.45, 2.75) is 31.5 Å². The van der Waals surface area contributed by atoms with Gasteiger partial charge in [0, 0.05) is 11.7 Å². The van der Waals surface area contributed by atoms with Crippen LogP contribution in [0.4, 0.5) is 18.9 Å². The Balaban J connectivity index is 2.02. The van der Waals surface area contributed by atoms with Gasteiger partial charge in [-0.15, -0.1) is 0 Å².